The van der Waals surface area contributed by atoms with Crippen LogP contribution in [-0.2, 0) is 0 Å². The Kier molecular flexibility index (Phi) is 3.73. The van der Waals surface area contributed by atoms with Crippen LogP contribution in [0, 0.1) is 0 Å². The minimum atomic E-state index is -0.903. The highest BCUT2D eigenvalue weighted by Crippen LogP contribution is 2.27. The Labute approximate surface area is 108 Å². The van der Waals surface area contributed by atoms with E-state index >= 15 is 0 Å². The lowest BCUT2D eigenvalue weighted by Gasteiger charge is -2.40. The summed E-state index contributed by atoms with van der Waals surface area (Å²) >= 11 is 0. The molecule has 0 aromatic carbocycles. The third kappa shape index (κ3) is 2.42. The fourth-order valence-electron chi connectivity index (χ4n) is 2.29. The predicted octanol–water partition coefficient (Wildman–Crippen LogP) is 1.02. The standard InChI is InChI=1S/C13H22N4O/c1-10-13(2,18)17(8-4-7-15-10)11-5-6-12(14-3)16-9-11/h5-6,9-10,15,18H,4,7-8H2,1-3H3,(H,14,16)/t10-,13?/m0/s1. The molecule has 0 bridgehead atoms. The van der Waals surface area contributed by atoms with Gasteiger partial charge in [-0.3, -0.25) is 0 Å². The summed E-state index contributed by atoms with van der Waals surface area (Å²) in [6.45, 7) is 5.61. The van der Waals surface area contributed by atoms with E-state index in [4.69, 9.17) is 0 Å². The highest BCUT2D eigenvalue weighted by Gasteiger charge is 2.36. The molecule has 5 nitrogen and oxygen atoms in total. The average Bonchev–Trinajstić information content (AvgIpc) is 2.50. The normalized spacial score (nSPS) is 28.9. The van der Waals surface area contributed by atoms with E-state index in [1.54, 1.807) is 6.20 Å². The fourth-order valence-corrected chi connectivity index (χ4v) is 2.29. The van der Waals surface area contributed by atoms with Gasteiger partial charge in [0.1, 0.15) is 11.5 Å². The van der Waals surface area contributed by atoms with Gasteiger partial charge in [0.25, 0.3) is 0 Å². The Hall–Kier alpha value is -1.33. The molecular weight excluding hydrogens is 228 g/mol. The quantitative estimate of drug-likeness (QED) is 0.731. The van der Waals surface area contributed by atoms with Gasteiger partial charge in [-0.2, -0.15) is 0 Å². The number of aromatic nitrogens is 1. The Balaban J connectivity index is 2.28. The molecule has 1 unspecified atom stereocenters. The summed E-state index contributed by atoms with van der Waals surface area (Å²) in [7, 11) is 1.84. The molecule has 2 heterocycles. The van der Waals surface area contributed by atoms with E-state index in [1.165, 1.54) is 0 Å². The molecule has 0 aliphatic carbocycles. The van der Waals surface area contributed by atoms with E-state index in [0.717, 1.165) is 31.0 Å². The third-order valence-corrected chi connectivity index (χ3v) is 3.69. The van der Waals surface area contributed by atoms with E-state index in [2.05, 4.69) is 15.6 Å². The number of hydrogen-bond acceptors (Lipinski definition) is 5. The van der Waals surface area contributed by atoms with Gasteiger partial charge in [-0.05, 0) is 38.9 Å². The first-order chi connectivity index (χ1) is 8.55. The molecule has 0 saturated carbocycles. The van der Waals surface area contributed by atoms with Crippen LogP contribution in [0.2, 0.25) is 0 Å². The minimum absolute atomic E-state index is 0.0176. The van der Waals surface area contributed by atoms with Crippen LogP contribution in [0.3, 0.4) is 0 Å². The Morgan fingerprint density at radius 1 is 1.56 bits per heavy atom. The highest BCUT2D eigenvalue weighted by molar-refractivity contribution is 5.51. The lowest BCUT2D eigenvalue weighted by molar-refractivity contribution is 0.0288. The first kappa shape index (κ1) is 13.1. The van der Waals surface area contributed by atoms with Crippen LogP contribution in [0.25, 0.3) is 0 Å². The van der Waals surface area contributed by atoms with E-state index in [1.807, 2.05) is 37.9 Å². The van der Waals surface area contributed by atoms with Crippen molar-refractivity contribution in [3.63, 3.8) is 0 Å². The molecule has 0 amide bonds. The van der Waals surface area contributed by atoms with Gasteiger partial charge < -0.3 is 20.6 Å². The van der Waals surface area contributed by atoms with Crippen LogP contribution in [0.15, 0.2) is 18.3 Å². The molecule has 0 spiro atoms. The van der Waals surface area contributed by atoms with Gasteiger partial charge in [-0.15, -0.1) is 0 Å². The summed E-state index contributed by atoms with van der Waals surface area (Å²) in [5.74, 6) is 0.833. The number of aliphatic hydroxyl groups is 1. The van der Waals surface area contributed by atoms with Gasteiger partial charge >= 0.3 is 0 Å². The van der Waals surface area contributed by atoms with Crippen molar-refractivity contribution in [2.45, 2.75) is 32.0 Å². The second kappa shape index (κ2) is 5.12. The van der Waals surface area contributed by atoms with E-state index in [9.17, 15) is 5.11 Å². The maximum Gasteiger partial charge on any atom is 0.150 e. The number of nitrogens with zero attached hydrogens (tertiary/aromatic N) is 2. The van der Waals surface area contributed by atoms with Crippen molar-refractivity contribution in [1.29, 1.82) is 0 Å². The molecule has 3 N–H and O–H groups in total. The summed E-state index contributed by atoms with van der Waals surface area (Å²) in [5, 5.41) is 17.0. The smallest absolute Gasteiger partial charge is 0.150 e. The van der Waals surface area contributed by atoms with Crippen LogP contribution < -0.4 is 15.5 Å². The van der Waals surface area contributed by atoms with Gasteiger partial charge in [-0.25, -0.2) is 4.98 Å². The third-order valence-electron chi connectivity index (χ3n) is 3.69. The Bertz CT molecular complexity index is 390. The SMILES string of the molecule is CNc1ccc(N2CCCN[C@@H](C)C2(C)O)cn1. The largest absolute Gasteiger partial charge is 0.373 e. The second-order valence-electron chi connectivity index (χ2n) is 4.93. The van der Waals surface area contributed by atoms with Crippen LogP contribution in [-0.4, -0.2) is 42.0 Å². The molecule has 2 atom stereocenters. The fraction of sp³-hybridized carbons (Fsp3) is 0.615. The molecule has 100 valence electrons. The monoisotopic (exact) mass is 250 g/mol. The zero-order valence-corrected chi connectivity index (χ0v) is 11.3. The van der Waals surface area contributed by atoms with Crippen molar-refractivity contribution in [1.82, 2.24) is 10.3 Å². The van der Waals surface area contributed by atoms with Crippen LogP contribution in [0.5, 0.6) is 0 Å². The van der Waals surface area contributed by atoms with Gasteiger partial charge in [-0.1, -0.05) is 0 Å². The van der Waals surface area contributed by atoms with Crippen molar-refractivity contribution in [3.05, 3.63) is 18.3 Å². The molecule has 1 aliphatic heterocycles. The van der Waals surface area contributed by atoms with Crippen molar-refractivity contribution in [2.24, 2.45) is 0 Å². The predicted molar refractivity (Wildman–Crippen MR) is 73.8 cm³/mol. The van der Waals surface area contributed by atoms with Crippen molar-refractivity contribution < 1.29 is 5.11 Å². The topological polar surface area (TPSA) is 60.4 Å². The summed E-state index contributed by atoms with van der Waals surface area (Å²) in [4.78, 5) is 6.33. The second-order valence-corrected chi connectivity index (χ2v) is 4.93. The first-order valence-electron chi connectivity index (χ1n) is 6.43. The van der Waals surface area contributed by atoms with Crippen molar-refractivity contribution >= 4 is 11.5 Å². The number of pyridine rings is 1. The lowest BCUT2D eigenvalue weighted by Crippen LogP contribution is -2.56. The van der Waals surface area contributed by atoms with E-state index in [0.29, 0.717) is 0 Å². The Morgan fingerprint density at radius 2 is 2.33 bits per heavy atom. The minimum Gasteiger partial charge on any atom is -0.373 e. The van der Waals surface area contributed by atoms with E-state index in [-0.39, 0.29) is 6.04 Å². The van der Waals surface area contributed by atoms with Crippen molar-refractivity contribution in [3.8, 4) is 0 Å². The summed E-state index contributed by atoms with van der Waals surface area (Å²) in [6, 6.07) is 3.93. The maximum absolute atomic E-state index is 10.7. The average molecular weight is 250 g/mol. The molecule has 0 radical (unpaired) electrons. The summed E-state index contributed by atoms with van der Waals surface area (Å²) < 4.78 is 0. The lowest BCUT2D eigenvalue weighted by atomic mass is 10.1. The van der Waals surface area contributed by atoms with Gasteiger partial charge in [0, 0.05) is 13.6 Å². The molecule has 1 saturated heterocycles. The molecule has 1 fully saturated rings. The van der Waals surface area contributed by atoms with Crippen LogP contribution in [0.1, 0.15) is 20.3 Å². The van der Waals surface area contributed by atoms with Crippen LogP contribution in [0.4, 0.5) is 11.5 Å². The molecule has 18 heavy (non-hydrogen) atoms. The van der Waals surface area contributed by atoms with Gasteiger partial charge in [0.05, 0.1) is 17.9 Å². The zero-order chi connectivity index (χ0) is 13.2. The molecule has 1 aliphatic rings. The van der Waals surface area contributed by atoms with Gasteiger partial charge in [0.2, 0.25) is 0 Å². The molecule has 5 heteroatoms. The van der Waals surface area contributed by atoms with Gasteiger partial charge in [0.15, 0.2) is 0 Å². The molecular formula is C13H22N4O. The molecule has 1 aromatic rings. The summed E-state index contributed by atoms with van der Waals surface area (Å²) in [6.07, 6.45) is 2.81. The molecule has 1 aromatic heterocycles. The number of anilines is 2. The number of hydrogen-bond donors (Lipinski definition) is 3. The van der Waals surface area contributed by atoms with E-state index < -0.39 is 5.72 Å². The van der Waals surface area contributed by atoms with Crippen LogP contribution >= 0.6 is 0 Å². The Morgan fingerprint density at radius 3 is 2.94 bits per heavy atom. The highest BCUT2D eigenvalue weighted by atomic mass is 16.3. The first-order valence-corrected chi connectivity index (χ1v) is 6.43. The maximum atomic E-state index is 10.7. The number of nitrogens with one attached hydrogen (secondary N) is 2. The zero-order valence-electron chi connectivity index (χ0n) is 11.3. The van der Waals surface area contributed by atoms with Crippen molar-refractivity contribution in [2.75, 3.05) is 30.4 Å². The number of rotatable bonds is 2. The molecule has 2 rings (SSSR count). The summed E-state index contributed by atoms with van der Waals surface area (Å²) in [5.41, 5.74) is 0.0499.